The highest BCUT2D eigenvalue weighted by Crippen LogP contribution is 2.26. The summed E-state index contributed by atoms with van der Waals surface area (Å²) in [6.45, 7) is 5.82. The van der Waals surface area contributed by atoms with Gasteiger partial charge in [0.15, 0.2) is 0 Å². The van der Waals surface area contributed by atoms with Crippen molar-refractivity contribution >= 4 is 16.7 Å². The van der Waals surface area contributed by atoms with Crippen molar-refractivity contribution in [1.29, 1.82) is 0 Å². The van der Waals surface area contributed by atoms with Crippen molar-refractivity contribution < 1.29 is 9.18 Å². The van der Waals surface area contributed by atoms with E-state index in [-0.39, 0.29) is 17.3 Å². The quantitative estimate of drug-likeness (QED) is 0.536. The number of carbonyl (C=O) groups is 1. The van der Waals surface area contributed by atoms with Crippen LogP contribution in [0.4, 0.5) is 4.39 Å². The topological polar surface area (TPSA) is 68.9 Å². The maximum atomic E-state index is 13.2. The van der Waals surface area contributed by atoms with E-state index in [0.717, 1.165) is 16.6 Å². The number of hydrogen-bond acceptors (Lipinski definition) is 3. The molecule has 7 heteroatoms. The molecule has 2 aromatic carbocycles. The standard InChI is InChI=1S/C24H23FN4O2/c1-15-21-14-27-29(20-7-5-4-6-8-20)24(31)22(21)16(2)28(15)17(3)23(30)26-13-18-9-11-19(25)12-10-18/h4-12,14,17H,13H2,1-3H3,(H,26,30)/t17-/m0/s1. The molecule has 4 aromatic rings. The third kappa shape index (κ3) is 3.74. The third-order valence-electron chi connectivity index (χ3n) is 5.60. The number of para-hydroxylation sites is 1. The van der Waals surface area contributed by atoms with Gasteiger partial charge in [-0.3, -0.25) is 9.59 Å². The number of fused-ring (bicyclic) bond motifs is 1. The van der Waals surface area contributed by atoms with Gasteiger partial charge >= 0.3 is 0 Å². The van der Waals surface area contributed by atoms with E-state index in [0.29, 0.717) is 23.3 Å². The Bertz CT molecular complexity index is 1310. The fourth-order valence-electron chi connectivity index (χ4n) is 3.97. The Labute approximate surface area is 178 Å². The summed E-state index contributed by atoms with van der Waals surface area (Å²) >= 11 is 0. The van der Waals surface area contributed by atoms with Crippen LogP contribution < -0.4 is 10.9 Å². The molecule has 0 unspecified atom stereocenters. The highest BCUT2D eigenvalue weighted by molar-refractivity contribution is 5.89. The molecule has 1 amide bonds. The first-order chi connectivity index (χ1) is 14.9. The first kappa shape index (κ1) is 20.5. The Hall–Kier alpha value is -3.74. The molecular formula is C24H23FN4O2. The molecule has 1 N–H and O–H groups in total. The Kier molecular flexibility index (Phi) is 5.42. The molecule has 2 heterocycles. The minimum Gasteiger partial charge on any atom is -0.350 e. The summed E-state index contributed by atoms with van der Waals surface area (Å²) in [5.41, 5.74) is 2.80. The number of aromatic nitrogens is 3. The highest BCUT2D eigenvalue weighted by atomic mass is 19.1. The third-order valence-corrected chi connectivity index (χ3v) is 5.60. The van der Waals surface area contributed by atoms with Crippen LogP contribution in [0.3, 0.4) is 0 Å². The van der Waals surface area contributed by atoms with Crippen LogP contribution in [0.2, 0.25) is 0 Å². The highest BCUT2D eigenvalue weighted by Gasteiger charge is 2.23. The van der Waals surface area contributed by atoms with E-state index in [4.69, 9.17) is 0 Å². The van der Waals surface area contributed by atoms with Crippen molar-refractivity contribution in [3.8, 4) is 5.69 Å². The Morgan fingerprint density at radius 3 is 2.42 bits per heavy atom. The van der Waals surface area contributed by atoms with Crippen molar-refractivity contribution in [2.45, 2.75) is 33.4 Å². The SMILES string of the molecule is Cc1c2cnn(-c3ccccc3)c(=O)c2c(C)n1[C@@H](C)C(=O)NCc1ccc(F)cc1. The van der Waals surface area contributed by atoms with E-state index in [9.17, 15) is 14.0 Å². The van der Waals surface area contributed by atoms with Crippen LogP contribution in [-0.4, -0.2) is 20.3 Å². The van der Waals surface area contributed by atoms with Crippen LogP contribution in [0.15, 0.2) is 65.6 Å². The van der Waals surface area contributed by atoms with Gasteiger partial charge in [-0.15, -0.1) is 0 Å². The monoisotopic (exact) mass is 418 g/mol. The van der Waals surface area contributed by atoms with Crippen LogP contribution in [-0.2, 0) is 11.3 Å². The van der Waals surface area contributed by atoms with E-state index < -0.39 is 6.04 Å². The van der Waals surface area contributed by atoms with E-state index >= 15 is 0 Å². The van der Waals surface area contributed by atoms with Gasteiger partial charge in [0.1, 0.15) is 11.9 Å². The number of hydrogen-bond donors (Lipinski definition) is 1. The van der Waals surface area contributed by atoms with E-state index in [1.54, 1.807) is 25.3 Å². The second kappa shape index (κ2) is 8.18. The Morgan fingerprint density at radius 2 is 1.74 bits per heavy atom. The average molecular weight is 418 g/mol. The number of nitrogens with zero attached hydrogens (tertiary/aromatic N) is 3. The maximum absolute atomic E-state index is 13.2. The number of carbonyl (C=O) groups excluding carboxylic acids is 1. The second-order valence-electron chi connectivity index (χ2n) is 7.55. The molecule has 0 saturated heterocycles. The summed E-state index contributed by atoms with van der Waals surface area (Å²) in [5, 5.41) is 8.51. The predicted molar refractivity (Wildman–Crippen MR) is 118 cm³/mol. The Morgan fingerprint density at radius 1 is 1.06 bits per heavy atom. The zero-order valence-electron chi connectivity index (χ0n) is 17.6. The van der Waals surface area contributed by atoms with Crippen LogP contribution in [0.5, 0.6) is 0 Å². The molecule has 0 bridgehead atoms. The lowest BCUT2D eigenvalue weighted by Crippen LogP contribution is -2.31. The van der Waals surface area contributed by atoms with Gasteiger partial charge in [-0.1, -0.05) is 30.3 Å². The fourth-order valence-corrected chi connectivity index (χ4v) is 3.97. The van der Waals surface area contributed by atoms with Gasteiger partial charge in [0.05, 0.1) is 17.3 Å². The molecule has 0 aliphatic heterocycles. The zero-order chi connectivity index (χ0) is 22.1. The minimum atomic E-state index is -0.530. The molecular weight excluding hydrogens is 395 g/mol. The van der Waals surface area contributed by atoms with Crippen molar-refractivity contribution in [1.82, 2.24) is 19.7 Å². The summed E-state index contributed by atoms with van der Waals surface area (Å²) in [7, 11) is 0. The zero-order valence-corrected chi connectivity index (χ0v) is 17.6. The van der Waals surface area contributed by atoms with Crippen molar-refractivity contribution in [2.75, 3.05) is 0 Å². The number of benzene rings is 2. The van der Waals surface area contributed by atoms with Gasteiger partial charge in [-0.05, 0) is 50.6 Å². The predicted octanol–water partition coefficient (Wildman–Crippen LogP) is 3.82. The summed E-state index contributed by atoms with van der Waals surface area (Å²) in [6.07, 6.45) is 1.67. The largest absolute Gasteiger partial charge is 0.350 e. The number of nitrogens with one attached hydrogen (secondary N) is 1. The van der Waals surface area contributed by atoms with E-state index in [1.807, 2.05) is 48.7 Å². The van der Waals surface area contributed by atoms with Gasteiger partial charge in [0.25, 0.3) is 5.56 Å². The normalized spacial score (nSPS) is 12.1. The summed E-state index contributed by atoms with van der Waals surface area (Å²) < 4.78 is 16.3. The lowest BCUT2D eigenvalue weighted by molar-refractivity contribution is -0.124. The van der Waals surface area contributed by atoms with Crippen molar-refractivity contribution in [3.05, 3.63) is 93.9 Å². The smallest absolute Gasteiger partial charge is 0.281 e. The molecule has 4 rings (SSSR count). The van der Waals surface area contributed by atoms with E-state index in [2.05, 4.69) is 10.4 Å². The average Bonchev–Trinajstić information content (AvgIpc) is 3.04. The number of rotatable bonds is 5. The molecule has 0 spiro atoms. The number of aryl methyl sites for hydroxylation is 2. The van der Waals surface area contributed by atoms with Gasteiger partial charge < -0.3 is 9.88 Å². The maximum Gasteiger partial charge on any atom is 0.281 e. The first-order valence-corrected chi connectivity index (χ1v) is 10.1. The molecule has 0 radical (unpaired) electrons. The van der Waals surface area contributed by atoms with Gasteiger partial charge in [-0.2, -0.15) is 9.78 Å². The summed E-state index contributed by atoms with van der Waals surface area (Å²) in [6, 6.07) is 14.7. The lowest BCUT2D eigenvalue weighted by Gasteiger charge is -2.18. The van der Waals surface area contributed by atoms with Crippen LogP contribution >= 0.6 is 0 Å². The molecule has 31 heavy (non-hydrogen) atoms. The first-order valence-electron chi connectivity index (χ1n) is 10.1. The summed E-state index contributed by atoms with van der Waals surface area (Å²) in [4.78, 5) is 26.0. The lowest BCUT2D eigenvalue weighted by atomic mass is 10.2. The second-order valence-corrected chi connectivity index (χ2v) is 7.55. The van der Waals surface area contributed by atoms with Crippen molar-refractivity contribution in [2.24, 2.45) is 0 Å². The molecule has 0 aliphatic rings. The fraction of sp³-hybridized carbons (Fsp3) is 0.208. The van der Waals surface area contributed by atoms with E-state index in [1.165, 1.54) is 16.8 Å². The molecule has 158 valence electrons. The summed E-state index contributed by atoms with van der Waals surface area (Å²) in [5.74, 6) is -0.504. The van der Waals surface area contributed by atoms with Crippen molar-refractivity contribution in [3.63, 3.8) is 0 Å². The van der Waals surface area contributed by atoms with Crippen LogP contribution in [0, 0.1) is 19.7 Å². The number of halogens is 1. The molecule has 6 nitrogen and oxygen atoms in total. The van der Waals surface area contributed by atoms with Crippen LogP contribution in [0.25, 0.3) is 16.5 Å². The van der Waals surface area contributed by atoms with Crippen LogP contribution in [0.1, 0.15) is 29.9 Å². The van der Waals surface area contributed by atoms with Gasteiger partial charge in [0, 0.05) is 23.3 Å². The van der Waals surface area contributed by atoms with Gasteiger partial charge in [0.2, 0.25) is 5.91 Å². The molecule has 0 saturated carbocycles. The molecule has 2 aromatic heterocycles. The Balaban J connectivity index is 1.67. The minimum absolute atomic E-state index is 0.188. The number of amides is 1. The van der Waals surface area contributed by atoms with Gasteiger partial charge in [-0.25, -0.2) is 4.39 Å². The molecule has 0 aliphatic carbocycles. The molecule has 1 atom stereocenters. The molecule has 0 fully saturated rings.